The molecule has 0 aliphatic carbocycles. The minimum atomic E-state index is -0.173. The average Bonchev–Trinajstić information content (AvgIpc) is 2.78. The number of morpholine rings is 1. The summed E-state index contributed by atoms with van der Waals surface area (Å²) in [5.74, 6) is 2.46. The summed E-state index contributed by atoms with van der Waals surface area (Å²) in [5.41, 5.74) is 2.64. The first-order valence-electron chi connectivity index (χ1n) is 9.92. The van der Waals surface area contributed by atoms with Gasteiger partial charge in [0.25, 0.3) is 0 Å². The lowest BCUT2D eigenvalue weighted by Crippen LogP contribution is -2.37. The largest absolute Gasteiger partial charge is 0.383 e. The van der Waals surface area contributed by atoms with Crippen molar-refractivity contribution in [2.45, 2.75) is 5.75 Å². The molecule has 0 spiro atoms. The molecule has 0 unspecified atom stereocenters. The lowest BCUT2D eigenvalue weighted by Gasteiger charge is -2.28. The molecule has 2 heterocycles. The molecule has 1 aliphatic rings. The van der Waals surface area contributed by atoms with E-state index in [1.165, 1.54) is 0 Å². The van der Waals surface area contributed by atoms with Crippen LogP contribution in [0.15, 0.2) is 30.3 Å². The van der Waals surface area contributed by atoms with Crippen LogP contribution < -0.4 is 10.2 Å². The third-order valence-electron chi connectivity index (χ3n) is 4.76. The number of carbonyl (C=O) groups excluding carboxylic acids is 1. The third-order valence-corrected chi connectivity index (χ3v) is 5.35. The molecule has 1 aromatic carbocycles. The quantitative estimate of drug-likeness (QED) is 0.688. The maximum absolute atomic E-state index is 12.2. The number of nitrogens with zero attached hydrogens (tertiary/aromatic N) is 4. The highest BCUT2D eigenvalue weighted by atomic mass is 32.2. The third kappa shape index (κ3) is 6.07. The fourth-order valence-corrected chi connectivity index (χ4v) is 3.48. The van der Waals surface area contributed by atoms with E-state index in [0.29, 0.717) is 32.2 Å². The highest BCUT2D eigenvalue weighted by Gasteiger charge is 2.16. The smallest absolute Gasteiger partial charge is 0.321 e. The number of likely N-dealkylation sites (N-methyl/N-ethyl adjacent to an activating group) is 1. The first-order chi connectivity index (χ1) is 14.6. The van der Waals surface area contributed by atoms with E-state index in [0.717, 1.165) is 41.6 Å². The topological polar surface area (TPSA) is 79.8 Å². The normalized spacial score (nSPS) is 13.9. The van der Waals surface area contributed by atoms with Crippen molar-refractivity contribution in [1.82, 2.24) is 14.9 Å². The number of rotatable bonds is 8. The van der Waals surface area contributed by atoms with Crippen LogP contribution in [0.5, 0.6) is 0 Å². The summed E-state index contributed by atoms with van der Waals surface area (Å²) in [4.78, 5) is 25.6. The molecule has 3 rings (SSSR count). The Hall–Kier alpha value is -2.36. The number of benzene rings is 1. The number of hydrogen-bond acceptors (Lipinski definition) is 7. The maximum atomic E-state index is 12.2. The molecule has 8 nitrogen and oxygen atoms in total. The number of ether oxygens (including phenoxy) is 2. The molecule has 0 radical (unpaired) electrons. The Kier molecular flexibility index (Phi) is 8.30. The van der Waals surface area contributed by atoms with E-state index >= 15 is 0 Å². The van der Waals surface area contributed by atoms with Crippen molar-refractivity contribution in [2.75, 3.05) is 70.1 Å². The number of thioether (sulfide) groups is 1. The molecule has 0 atom stereocenters. The molecule has 1 saturated heterocycles. The monoisotopic (exact) mass is 431 g/mol. The summed E-state index contributed by atoms with van der Waals surface area (Å²) in [6, 6.07) is 9.51. The van der Waals surface area contributed by atoms with Crippen LogP contribution in [-0.2, 0) is 15.2 Å². The summed E-state index contributed by atoms with van der Waals surface area (Å²) >= 11 is 1.74. The zero-order valence-electron chi connectivity index (χ0n) is 17.8. The van der Waals surface area contributed by atoms with Gasteiger partial charge < -0.3 is 24.6 Å². The van der Waals surface area contributed by atoms with Crippen molar-refractivity contribution in [1.29, 1.82) is 0 Å². The number of carbonyl (C=O) groups is 1. The van der Waals surface area contributed by atoms with Crippen LogP contribution in [0.3, 0.4) is 0 Å². The Morgan fingerprint density at radius 1 is 1.27 bits per heavy atom. The minimum absolute atomic E-state index is 0.173. The Bertz CT molecular complexity index is 828. The second-order valence-electron chi connectivity index (χ2n) is 7.00. The van der Waals surface area contributed by atoms with Crippen molar-refractivity contribution in [3.8, 4) is 11.4 Å². The summed E-state index contributed by atoms with van der Waals surface area (Å²) < 4.78 is 10.5. The van der Waals surface area contributed by atoms with Gasteiger partial charge in [0.1, 0.15) is 5.82 Å². The van der Waals surface area contributed by atoms with Gasteiger partial charge in [-0.1, -0.05) is 0 Å². The van der Waals surface area contributed by atoms with Gasteiger partial charge in [0.05, 0.1) is 25.5 Å². The lowest BCUT2D eigenvalue weighted by molar-refractivity contribution is 0.122. The van der Waals surface area contributed by atoms with Crippen molar-refractivity contribution in [3.05, 3.63) is 36.0 Å². The molecule has 1 aliphatic heterocycles. The minimum Gasteiger partial charge on any atom is -0.383 e. The molecule has 0 saturated carbocycles. The number of methoxy groups -OCH3 is 1. The fourth-order valence-electron chi connectivity index (χ4n) is 3.04. The molecule has 1 aromatic heterocycles. The number of hydrogen-bond donors (Lipinski definition) is 1. The van der Waals surface area contributed by atoms with E-state index in [1.54, 1.807) is 30.8 Å². The van der Waals surface area contributed by atoms with E-state index < -0.39 is 0 Å². The molecule has 1 N–H and O–H groups in total. The summed E-state index contributed by atoms with van der Waals surface area (Å²) in [6.45, 7) is 4.11. The molecular formula is C21H29N5O3S. The highest BCUT2D eigenvalue weighted by Crippen LogP contribution is 2.24. The van der Waals surface area contributed by atoms with E-state index in [-0.39, 0.29) is 6.03 Å². The molecule has 2 aromatic rings. The van der Waals surface area contributed by atoms with Gasteiger partial charge in [-0.3, -0.25) is 0 Å². The van der Waals surface area contributed by atoms with Gasteiger partial charge in [-0.05, 0) is 30.5 Å². The van der Waals surface area contributed by atoms with E-state index in [2.05, 4.69) is 22.5 Å². The van der Waals surface area contributed by atoms with E-state index in [4.69, 9.17) is 19.4 Å². The molecule has 2 amide bonds. The van der Waals surface area contributed by atoms with Crippen molar-refractivity contribution >= 4 is 29.3 Å². The molecule has 0 bridgehead atoms. The van der Waals surface area contributed by atoms with E-state index in [9.17, 15) is 4.79 Å². The first-order valence-corrected chi connectivity index (χ1v) is 11.3. The Labute approximate surface area is 182 Å². The van der Waals surface area contributed by atoms with Crippen LogP contribution in [0.4, 0.5) is 16.3 Å². The fraction of sp³-hybridized carbons (Fsp3) is 0.476. The molecular weight excluding hydrogens is 402 g/mol. The van der Waals surface area contributed by atoms with Crippen LogP contribution in [0.25, 0.3) is 11.4 Å². The molecule has 162 valence electrons. The Morgan fingerprint density at radius 2 is 2.00 bits per heavy atom. The van der Waals surface area contributed by atoms with Gasteiger partial charge in [0.2, 0.25) is 0 Å². The zero-order chi connectivity index (χ0) is 21.3. The predicted molar refractivity (Wildman–Crippen MR) is 121 cm³/mol. The van der Waals surface area contributed by atoms with Crippen LogP contribution >= 0.6 is 11.8 Å². The lowest BCUT2D eigenvalue weighted by atomic mass is 10.2. The van der Waals surface area contributed by atoms with Gasteiger partial charge in [0.15, 0.2) is 5.82 Å². The second kappa shape index (κ2) is 11.1. The summed E-state index contributed by atoms with van der Waals surface area (Å²) in [7, 11) is 3.35. The highest BCUT2D eigenvalue weighted by molar-refractivity contribution is 7.97. The Morgan fingerprint density at radius 3 is 2.67 bits per heavy atom. The van der Waals surface area contributed by atoms with Gasteiger partial charge in [-0.25, -0.2) is 14.8 Å². The number of anilines is 2. The van der Waals surface area contributed by atoms with E-state index in [1.807, 2.05) is 24.3 Å². The summed E-state index contributed by atoms with van der Waals surface area (Å²) in [5, 5.41) is 2.89. The van der Waals surface area contributed by atoms with Gasteiger partial charge >= 0.3 is 6.03 Å². The van der Waals surface area contributed by atoms with Crippen molar-refractivity contribution in [3.63, 3.8) is 0 Å². The van der Waals surface area contributed by atoms with Crippen molar-refractivity contribution < 1.29 is 14.3 Å². The molecule has 30 heavy (non-hydrogen) atoms. The summed E-state index contributed by atoms with van der Waals surface area (Å²) in [6.07, 6.45) is 2.07. The van der Waals surface area contributed by atoms with Crippen LogP contribution in [-0.4, -0.2) is 80.8 Å². The van der Waals surface area contributed by atoms with Gasteiger partial charge in [-0.15, -0.1) is 0 Å². The number of urea groups is 1. The van der Waals surface area contributed by atoms with Crippen LogP contribution in [0, 0.1) is 0 Å². The van der Waals surface area contributed by atoms with Crippen LogP contribution in [0.1, 0.15) is 5.69 Å². The Balaban J connectivity index is 1.76. The standard InChI is InChI=1S/C21H29N5O3S/c1-25(8-11-28-2)21(27)23-17-6-4-16(5-7-17)20-22-18(15-30-3)14-19(24-20)26-9-12-29-13-10-26/h4-7,14H,8-13,15H2,1-3H3,(H,23,27). The second-order valence-corrected chi connectivity index (χ2v) is 7.86. The van der Waals surface area contributed by atoms with Crippen LogP contribution in [0.2, 0.25) is 0 Å². The zero-order valence-corrected chi connectivity index (χ0v) is 18.6. The SMILES string of the molecule is COCCN(C)C(=O)Nc1ccc(-c2nc(CSC)cc(N3CCOCC3)n2)cc1. The molecule has 9 heteroatoms. The number of nitrogens with one attached hydrogen (secondary N) is 1. The number of aromatic nitrogens is 2. The first kappa shape index (κ1) is 22.3. The maximum Gasteiger partial charge on any atom is 0.321 e. The van der Waals surface area contributed by atoms with Crippen molar-refractivity contribution in [2.24, 2.45) is 0 Å². The van der Waals surface area contributed by atoms with Gasteiger partial charge in [-0.2, -0.15) is 11.8 Å². The average molecular weight is 432 g/mol. The molecule has 1 fully saturated rings. The number of amides is 2. The van der Waals surface area contributed by atoms with Gasteiger partial charge in [0, 0.05) is 56.9 Å². The predicted octanol–water partition coefficient (Wildman–Crippen LogP) is 2.95.